The van der Waals surface area contributed by atoms with Gasteiger partial charge in [-0.2, -0.15) is 0 Å². The standard InChI is InChI=1S/C10H11IN2O4/c1-6(11)5-12-7-2-3-9(13(16)17)8(4-7)10(14)15/h2-4,6,12H,5H2,1H3,(H,14,15). The minimum Gasteiger partial charge on any atom is -0.477 e. The second kappa shape index (κ2) is 5.80. The van der Waals surface area contributed by atoms with Crippen LogP contribution in [0.4, 0.5) is 11.4 Å². The molecule has 0 saturated carbocycles. The largest absolute Gasteiger partial charge is 0.477 e. The molecular weight excluding hydrogens is 339 g/mol. The van der Waals surface area contributed by atoms with Gasteiger partial charge in [-0.1, -0.05) is 29.5 Å². The highest BCUT2D eigenvalue weighted by atomic mass is 127. The van der Waals surface area contributed by atoms with Gasteiger partial charge in [0.05, 0.1) is 4.92 Å². The van der Waals surface area contributed by atoms with Crippen LogP contribution in [0.2, 0.25) is 0 Å². The first-order valence-corrected chi connectivity index (χ1v) is 6.06. The van der Waals surface area contributed by atoms with E-state index in [0.717, 1.165) is 0 Å². The molecule has 0 spiro atoms. The topological polar surface area (TPSA) is 92.5 Å². The maximum absolute atomic E-state index is 10.9. The van der Waals surface area contributed by atoms with E-state index < -0.39 is 16.6 Å². The zero-order valence-electron chi connectivity index (χ0n) is 9.01. The van der Waals surface area contributed by atoms with E-state index in [4.69, 9.17) is 5.11 Å². The molecule has 1 aromatic carbocycles. The normalized spacial score (nSPS) is 11.9. The van der Waals surface area contributed by atoms with Crippen LogP contribution < -0.4 is 5.32 Å². The Morgan fingerprint density at radius 1 is 1.65 bits per heavy atom. The van der Waals surface area contributed by atoms with Gasteiger partial charge >= 0.3 is 5.97 Å². The van der Waals surface area contributed by atoms with E-state index in [1.807, 2.05) is 6.92 Å². The van der Waals surface area contributed by atoms with Gasteiger partial charge in [0.25, 0.3) is 5.69 Å². The lowest BCUT2D eigenvalue weighted by Crippen LogP contribution is -2.11. The van der Waals surface area contributed by atoms with Crippen molar-refractivity contribution in [2.24, 2.45) is 0 Å². The molecule has 1 atom stereocenters. The van der Waals surface area contributed by atoms with Gasteiger partial charge in [-0.05, 0) is 12.1 Å². The smallest absolute Gasteiger partial charge is 0.342 e. The molecule has 0 bridgehead atoms. The molecule has 0 aliphatic carbocycles. The zero-order chi connectivity index (χ0) is 13.0. The molecular formula is C10H11IN2O4. The lowest BCUT2D eigenvalue weighted by molar-refractivity contribution is -0.385. The molecule has 1 rings (SSSR count). The number of carboxylic acid groups (broad SMARTS) is 1. The molecule has 6 nitrogen and oxygen atoms in total. The summed E-state index contributed by atoms with van der Waals surface area (Å²) in [7, 11) is 0. The lowest BCUT2D eigenvalue weighted by Gasteiger charge is -2.08. The van der Waals surface area contributed by atoms with Gasteiger partial charge in [-0.15, -0.1) is 0 Å². The Kier molecular flexibility index (Phi) is 4.67. The van der Waals surface area contributed by atoms with Crippen LogP contribution in [-0.2, 0) is 0 Å². The number of aromatic carboxylic acids is 1. The molecule has 2 N–H and O–H groups in total. The molecule has 92 valence electrons. The molecule has 0 heterocycles. The summed E-state index contributed by atoms with van der Waals surface area (Å²) in [5, 5.41) is 22.5. The second-order valence-electron chi connectivity index (χ2n) is 3.46. The van der Waals surface area contributed by atoms with Crippen LogP contribution in [-0.4, -0.2) is 26.5 Å². The summed E-state index contributed by atoms with van der Waals surface area (Å²) < 4.78 is 0.371. The Balaban J connectivity index is 3.02. The van der Waals surface area contributed by atoms with Gasteiger partial charge in [0.1, 0.15) is 5.56 Å². The second-order valence-corrected chi connectivity index (χ2v) is 5.58. The number of nitrogens with zero attached hydrogens (tertiary/aromatic N) is 1. The number of nitrogens with one attached hydrogen (secondary N) is 1. The highest BCUT2D eigenvalue weighted by Crippen LogP contribution is 2.22. The highest BCUT2D eigenvalue weighted by Gasteiger charge is 2.19. The molecule has 0 amide bonds. The number of nitro groups is 1. The van der Waals surface area contributed by atoms with Crippen LogP contribution in [0, 0.1) is 10.1 Å². The average Bonchev–Trinajstić information content (AvgIpc) is 2.25. The lowest BCUT2D eigenvalue weighted by atomic mass is 10.1. The van der Waals surface area contributed by atoms with Gasteiger partial charge in [-0.3, -0.25) is 10.1 Å². The third kappa shape index (κ3) is 3.84. The Morgan fingerprint density at radius 3 is 2.76 bits per heavy atom. The monoisotopic (exact) mass is 350 g/mol. The zero-order valence-corrected chi connectivity index (χ0v) is 11.2. The molecule has 0 aliphatic rings. The van der Waals surface area contributed by atoms with E-state index in [1.54, 1.807) is 0 Å². The van der Waals surface area contributed by atoms with E-state index in [0.29, 0.717) is 16.2 Å². The number of nitro benzene ring substituents is 1. The fourth-order valence-electron chi connectivity index (χ4n) is 1.23. The van der Waals surface area contributed by atoms with Crippen molar-refractivity contribution >= 4 is 39.9 Å². The van der Waals surface area contributed by atoms with Crippen LogP contribution in [0.3, 0.4) is 0 Å². The van der Waals surface area contributed by atoms with Crippen molar-refractivity contribution in [3.63, 3.8) is 0 Å². The van der Waals surface area contributed by atoms with E-state index in [1.165, 1.54) is 18.2 Å². The molecule has 0 fully saturated rings. The summed E-state index contributed by atoms with van der Waals surface area (Å²) >= 11 is 2.22. The van der Waals surface area contributed by atoms with Gasteiger partial charge in [0.2, 0.25) is 0 Å². The summed E-state index contributed by atoms with van der Waals surface area (Å²) in [6.45, 7) is 2.66. The third-order valence-corrected chi connectivity index (χ3v) is 2.45. The summed E-state index contributed by atoms with van der Waals surface area (Å²) in [6, 6.07) is 3.98. The summed E-state index contributed by atoms with van der Waals surface area (Å²) in [5.41, 5.74) is -0.136. The SMILES string of the molecule is CC(I)CNc1ccc([N+](=O)[O-])c(C(=O)O)c1. The van der Waals surface area contributed by atoms with Crippen molar-refractivity contribution < 1.29 is 14.8 Å². The van der Waals surface area contributed by atoms with Crippen molar-refractivity contribution in [2.45, 2.75) is 10.8 Å². The minimum atomic E-state index is -1.30. The van der Waals surface area contributed by atoms with Crippen LogP contribution in [0.25, 0.3) is 0 Å². The Morgan fingerprint density at radius 2 is 2.29 bits per heavy atom. The molecule has 0 radical (unpaired) electrons. The van der Waals surface area contributed by atoms with Gasteiger partial charge in [0.15, 0.2) is 0 Å². The van der Waals surface area contributed by atoms with Crippen LogP contribution in [0.5, 0.6) is 0 Å². The third-order valence-electron chi connectivity index (χ3n) is 2.01. The summed E-state index contributed by atoms with van der Waals surface area (Å²) in [4.78, 5) is 20.8. The number of benzene rings is 1. The first-order valence-electron chi connectivity index (χ1n) is 4.81. The van der Waals surface area contributed by atoms with Crippen molar-refractivity contribution in [1.29, 1.82) is 0 Å². The maximum Gasteiger partial charge on any atom is 0.342 e. The average molecular weight is 350 g/mol. The number of anilines is 1. The fraction of sp³-hybridized carbons (Fsp3) is 0.300. The van der Waals surface area contributed by atoms with Crippen molar-refractivity contribution in [2.75, 3.05) is 11.9 Å². The Bertz CT molecular complexity index is 448. The molecule has 0 aliphatic heterocycles. The number of hydrogen-bond donors (Lipinski definition) is 2. The highest BCUT2D eigenvalue weighted by molar-refractivity contribution is 14.1. The van der Waals surface area contributed by atoms with Crippen LogP contribution >= 0.6 is 22.6 Å². The van der Waals surface area contributed by atoms with Gasteiger partial charge in [-0.25, -0.2) is 4.79 Å². The van der Waals surface area contributed by atoms with Crippen molar-refractivity contribution in [3.05, 3.63) is 33.9 Å². The van der Waals surface area contributed by atoms with Gasteiger partial charge < -0.3 is 10.4 Å². The van der Waals surface area contributed by atoms with Crippen LogP contribution in [0.1, 0.15) is 17.3 Å². The molecule has 7 heteroatoms. The summed E-state index contributed by atoms with van der Waals surface area (Å²) in [6.07, 6.45) is 0. The van der Waals surface area contributed by atoms with Crippen molar-refractivity contribution in [3.8, 4) is 0 Å². The number of carboxylic acids is 1. The van der Waals surface area contributed by atoms with E-state index >= 15 is 0 Å². The van der Waals surface area contributed by atoms with Crippen molar-refractivity contribution in [1.82, 2.24) is 0 Å². The van der Waals surface area contributed by atoms with E-state index in [2.05, 4.69) is 27.9 Å². The van der Waals surface area contributed by atoms with E-state index in [9.17, 15) is 14.9 Å². The Labute approximate surface area is 111 Å². The number of rotatable bonds is 5. The quantitative estimate of drug-likeness (QED) is 0.368. The number of hydrogen-bond acceptors (Lipinski definition) is 4. The fourth-order valence-corrected chi connectivity index (χ4v) is 1.46. The Hall–Kier alpha value is -1.38. The minimum absolute atomic E-state index is 0.305. The first kappa shape index (κ1) is 13.7. The van der Waals surface area contributed by atoms with Gasteiger partial charge in [0, 0.05) is 22.2 Å². The van der Waals surface area contributed by atoms with E-state index in [-0.39, 0.29) is 5.56 Å². The molecule has 0 saturated heterocycles. The molecule has 0 aromatic heterocycles. The van der Waals surface area contributed by atoms with Crippen LogP contribution in [0.15, 0.2) is 18.2 Å². The molecule has 1 aromatic rings. The number of carbonyl (C=O) groups is 1. The molecule has 1 unspecified atom stereocenters. The predicted molar refractivity (Wildman–Crippen MR) is 72.0 cm³/mol. The number of halogens is 1. The summed E-state index contributed by atoms with van der Waals surface area (Å²) in [5.74, 6) is -1.30. The maximum atomic E-state index is 10.9. The predicted octanol–water partition coefficient (Wildman–Crippen LogP) is 2.53. The number of alkyl halides is 1. The molecule has 17 heavy (non-hydrogen) atoms. The first-order chi connectivity index (χ1) is 7.91.